The van der Waals surface area contributed by atoms with Crippen LogP contribution in [0.3, 0.4) is 0 Å². The number of nitrogens with zero attached hydrogens (tertiary/aromatic N) is 3. The lowest BCUT2D eigenvalue weighted by Crippen LogP contribution is -2.20. The van der Waals surface area contributed by atoms with Crippen LogP contribution in [0.15, 0.2) is 41.6 Å². The van der Waals surface area contributed by atoms with Gasteiger partial charge >= 0.3 is 0 Å². The van der Waals surface area contributed by atoms with Gasteiger partial charge in [-0.05, 0) is 24.3 Å². The van der Waals surface area contributed by atoms with Gasteiger partial charge < -0.3 is 14.2 Å². The van der Waals surface area contributed by atoms with Gasteiger partial charge in [0.2, 0.25) is 5.75 Å². The van der Waals surface area contributed by atoms with Crippen LogP contribution in [0, 0.1) is 0 Å². The van der Waals surface area contributed by atoms with Gasteiger partial charge in [-0.25, -0.2) is 4.98 Å². The maximum Gasteiger partial charge on any atom is 0.254 e. The van der Waals surface area contributed by atoms with Crippen LogP contribution < -0.4 is 19.2 Å². The summed E-state index contributed by atoms with van der Waals surface area (Å²) in [6.07, 6.45) is 1.80. The summed E-state index contributed by atoms with van der Waals surface area (Å²) in [5.41, 5.74) is 1.35. The van der Waals surface area contributed by atoms with E-state index < -0.39 is 0 Å². The van der Waals surface area contributed by atoms with Crippen molar-refractivity contribution in [3.8, 4) is 17.2 Å². The number of methoxy groups -OCH3 is 3. The van der Waals surface area contributed by atoms with Gasteiger partial charge in [0.15, 0.2) is 17.3 Å². The highest BCUT2D eigenvalue weighted by Crippen LogP contribution is 2.39. The number of pyridine rings is 1. The van der Waals surface area contributed by atoms with E-state index in [4.69, 9.17) is 14.2 Å². The third-order valence-corrected chi connectivity index (χ3v) is 3.64. The second kappa shape index (κ2) is 6.57. The normalized spacial score (nSPS) is 13.7. The van der Waals surface area contributed by atoms with E-state index in [0.29, 0.717) is 28.8 Å². The number of hydrazone groups is 1. The molecule has 1 aliphatic rings. The maximum absolute atomic E-state index is 12.3. The van der Waals surface area contributed by atoms with Gasteiger partial charge in [-0.3, -0.25) is 4.79 Å². The van der Waals surface area contributed by atoms with Crippen molar-refractivity contribution in [2.45, 2.75) is 6.42 Å². The number of carbonyl (C=O) groups is 1. The Morgan fingerprint density at radius 2 is 1.75 bits per heavy atom. The molecule has 0 atom stereocenters. The lowest BCUT2D eigenvalue weighted by molar-refractivity contribution is -0.116. The second-order valence-corrected chi connectivity index (χ2v) is 5.03. The average molecular weight is 327 g/mol. The zero-order valence-corrected chi connectivity index (χ0v) is 13.6. The summed E-state index contributed by atoms with van der Waals surface area (Å²) in [6.45, 7) is 0. The smallest absolute Gasteiger partial charge is 0.254 e. The molecule has 0 N–H and O–H groups in total. The molecule has 0 aliphatic carbocycles. The van der Waals surface area contributed by atoms with E-state index in [1.807, 2.05) is 6.07 Å². The van der Waals surface area contributed by atoms with Crippen LogP contribution in [0.4, 0.5) is 5.82 Å². The van der Waals surface area contributed by atoms with E-state index in [1.165, 1.54) is 5.01 Å². The Balaban J connectivity index is 2.02. The maximum atomic E-state index is 12.3. The summed E-state index contributed by atoms with van der Waals surface area (Å²) in [7, 11) is 4.63. The molecule has 0 spiro atoms. The van der Waals surface area contributed by atoms with Crippen LogP contribution in [0.2, 0.25) is 0 Å². The molecule has 2 aromatic rings. The van der Waals surface area contributed by atoms with Gasteiger partial charge in [0.25, 0.3) is 5.91 Å². The van der Waals surface area contributed by atoms with E-state index in [0.717, 1.165) is 5.56 Å². The number of rotatable bonds is 5. The highest BCUT2D eigenvalue weighted by atomic mass is 16.5. The summed E-state index contributed by atoms with van der Waals surface area (Å²) < 4.78 is 16.0. The molecular formula is C17H17N3O4. The Morgan fingerprint density at radius 1 is 1.04 bits per heavy atom. The molecule has 1 aromatic carbocycles. The Kier molecular flexibility index (Phi) is 4.33. The Labute approximate surface area is 139 Å². The van der Waals surface area contributed by atoms with Crippen molar-refractivity contribution < 1.29 is 19.0 Å². The molecule has 0 bridgehead atoms. The standard InChI is InChI=1S/C17H17N3O4/c1-22-13-8-11(9-14(23-2)17(13)24-3)12-10-16(21)20(19-12)15-6-4-5-7-18-15/h4-9H,10H2,1-3H3. The summed E-state index contributed by atoms with van der Waals surface area (Å²) in [6, 6.07) is 8.88. The molecule has 0 saturated carbocycles. The van der Waals surface area contributed by atoms with Crippen molar-refractivity contribution in [1.82, 2.24) is 4.98 Å². The number of ether oxygens (including phenoxy) is 3. The van der Waals surface area contributed by atoms with E-state index in [1.54, 1.807) is 51.8 Å². The molecule has 0 saturated heterocycles. The van der Waals surface area contributed by atoms with E-state index in [-0.39, 0.29) is 12.3 Å². The average Bonchev–Trinajstić information content (AvgIpc) is 3.02. The first kappa shape index (κ1) is 15.8. The fraction of sp³-hybridized carbons (Fsp3) is 0.235. The van der Waals surface area contributed by atoms with Crippen molar-refractivity contribution in [2.75, 3.05) is 26.3 Å². The number of anilines is 1. The minimum absolute atomic E-state index is 0.141. The molecule has 0 radical (unpaired) electrons. The number of carbonyl (C=O) groups excluding carboxylic acids is 1. The highest BCUT2D eigenvalue weighted by Gasteiger charge is 2.28. The molecule has 7 heteroatoms. The van der Waals surface area contributed by atoms with Crippen LogP contribution in [-0.4, -0.2) is 37.9 Å². The SMILES string of the molecule is COc1cc(C2=NN(c3ccccn3)C(=O)C2)cc(OC)c1OC. The predicted octanol–water partition coefficient (Wildman–Crippen LogP) is 2.25. The summed E-state index contributed by atoms with van der Waals surface area (Å²) in [4.78, 5) is 16.4. The second-order valence-electron chi connectivity index (χ2n) is 5.03. The molecule has 0 unspecified atom stereocenters. The van der Waals surface area contributed by atoms with Gasteiger partial charge in [0.1, 0.15) is 0 Å². The molecule has 1 aromatic heterocycles. The first-order valence-electron chi connectivity index (χ1n) is 7.29. The van der Waals surface area contributed by atoms with Crippen molar-refractivity contribution in [3.63, 3.8) is 0 Å². The molecule has 1 aliphatic heterocycles. The highest BCUT2D eigenvalue weighted by molar-refractivity contribution is 6.19. The number of benzene rings is 1. The fourth-order valence-electron chi connectivity index (χ4n) is 2.50. The number of aromatic nitrogens is 1. The third-order valence-electron chi connectivity index (χ3n) is 3.64. The minimum Gasteiger partial charge on any atom is -0.493 e. The molecular weight excluding hydrogens is 310 g/mol. The van der Waals surface area contributed by atoms with E-state index >= 15 is 0 Å². The van der Waals surface area contributed by atoms with Crippen molar-refractivity contribution in [2.24, 2.45) is 5.10 Å². The first-order chi connectivity index (χ1) is 11.7. The summed E-state index contributed by atoms with van der Waals surface area (Å²) in [5.74, 6) is 1.87. The van der Waals surface area contributed by atoms with Crippen molar-refractivity contribution in [1.29, 1.82) is 0 Å². The number of amides is 1. The van der Waals surface area contributed by atoms with Crippen LogP contribution in [0.5, 0.6) is 17.2 Å². The van der Waals surface area contributed by atoms with Crippen LogP contribution in [0.1, 0.15) is 12.0 Å². The topological polar surface area (TPSA) is 73.2 Å². The quantitative estimate of drug-likeness (QED) is 0.842. The van der Waals surface area contributed by atoms with Gasteiger partial charge in [-0.1, -0.05) is 6.07 Å². The molecule has 124 valence electrons. The fourth-order valence-corrected chi connectivity index (χ4v) is 2.50. The molecule has 7 nitrogen and oxygen atoms in total. The zero-order chi connectivity index (χ0) is 17.1. The van der Waals surface area contributed by atoms with Crippen LogP contribution in [-0.2, 0) is 4.79 Å². The minimum atomic E-state index is -0.141. The predicted molar refractivity (Wildman–Crippen MR) is 89.0 cm³/mol. The van der Waals surface area contributed by atoms with Gasteiger partial charge in [-0.15, -0.1) is 0 Å². The Morgan fingerprint density at radius 3 is 2.29 bits per heavy atom. The molecule has 24 heavy (non-hydrogen) atoms. The molecule has 3 rings (SSSR count). The number of hydrogen-bond donors (Lipinski definition) is 0. The Bertz CT molecular complexity index is 765. The summed E-state index contributed by atoms with van der Waals surface area (Å²) in [5, 5.41) is 5.71. The molecule has 2 heterocycles. The zero-order valence-electron chi connectivity index (χ0n) is 13.6. The van der Waals surface area contributed by atoms with Gasteiger partial charge in [0, 0.05) is 11.8 Å². The van der Waals surface area contributed by atoms with E-state index in [2.05, 4.69) is 10.1 Å². The first-order valence-corrected chi connectivity index (χ1v) is 7.29. The largest absolute Gasteiger partial charge is 0.493 e. The van der Waals surface area contributed by atoms with E-state index in [9.17, 15) is 4.79 Å². The monoisotopic (exact) mass is 327 g/mol. The lowest BCUT2D eigenvalue weighted by atomic mass is 10.1. The van der Waals surface area contributed by atoms with Gasteiger partial charge in [0.05, 0.1) is 33.5 Å². The van der Waals surface area contributed by atoms with Crippen molar-refractivity contribution in [3.05, 3.63) is 42.1 Å². The summed E-state index contributed by atoms with van der Waals surface area (Å²) >= 11 is 0. The lowest BCUT2D eigenvalue weighted by Gasteiger charge is -2.13. The third kappa shape index (κ3) is 2.76. The van der Waals surface area contributed by atoms with Crippen LogP contribution in [0.25, 0.3) is 0 Å². The van der Waals surface area contributed by atoms with Crippen LogP contribution >= 0.6 is 0 Å². The molecule has 1 amide bonds. The van der Waals surface area contributed by atoms with Gasteiger partial charge in [-0.2, -0.15) is 10.1 Å². The number of hydrogen-bond acceptors (Lipinski definition) is 6. The Hall–Kier alpha value is -3.09. The molecule has 0 fully saturated rings. The van der Waals surface area contributed by atoms with Crippen molar-refractivity contribution >= 4 is 17.4 Å².